The van der Waals surface area contributed by atoms with Gasteiger partial charge in [-0.25, -0.2) is 0 Å². The molecule has 0 heterocycles. The summed E-state index contributed by atoms with van der Waals surface area (Å²) in [4.78, 5) is 0. The Morgan fingerprint density at radius 3 is 1.81 bits per heavy atom. The fraction of sp³-hybridized carbons (Fsp3) is 0.280. The lowest BCUT2D eigenvalue weighted by Gasteiger charge is -2.12. The minimum Gasteiger partial charge on any atom is -0.396 e. The van der Waals surface area contributed by atoms with Gasteiger partial charge in [-0.2, -0.15) is 0 Å². The van der Waals surface area contributed by atoms with E-state index >= 15 is 0 Å². The highest BCUT2D eigenvalue weighted by Gasteiger charge is 2.06. The molecule has 1 nitrogen and oxygen atoms in total. The minimum absolute atomic E-state index is 0.254. The van der Waals surface area contributed by atoms with Crippen molar-refractivity contribution in [1.29, 1.82) is 0 Å². The van der Waals surface area contributed by atoms with Gasteiger partial charge >= 0.3 is 0 Å². The van der Waals surface area contributed by atoms with Gasteiger partial charge < -0.3 is 5.11 Å². The van der Waals surface area contributed by atoms with Gasteiger partial charge in [0, 0.05) is 6.61 Å². The van der Waals surface area contributed by atoms with E-state index in [-0.39, 0.29) is 6.61 Å². The summed E-state index contributed by atoms with van der Waals surface area (Å²) in [5.41, 5.74) is 9.17. The number of rotatable bonds is 7. The molecule has 0 bridgehead atoms. The SMILES string of the molecule is CCc1ccc(-c2ccc(-c3ccc(CCCO)cc3CC)cc2)cc1. The molecular weight excluding hydrogens is 316 g/mol. The average molecular weight is 344 g/mol. The molecule has 0 unspecified atom stereocenters. The summed E-state index contributed by atoms with van der Waals surface area (Å²) in [5.74, 6) is 0. The Labute approximate surface area is 157 Å². The Kier molecular flexibility index (Phi) is 6.25. The maximum absolute atomic E-state index is 9.04. The standard InChI is InChI=1S/C25H28O/c1-3-19-7-10-22(11-8-19)23-12-14-24(15-13-23)25-16-9-20(6-5-17-26)18-21(25)4-2/h7-16,18,26H,3-6,17H2,1-2H3. The first-order valence-electron chi connectivity index (χ1n) is 9.67. The molecule has 3 aromatic rings. The Morgan fingerprint density at radius 1 is 0.654 bits per heavy atom. The third-order valence-corrected chi connectivity index (χ3v) is 5.07. The maximum atomic E-state index is 9.04. The Bertz CT molecular complexity index is 829. The minimum atomic E-state index is 0.254. The highest BCUT2D eigenvalue weighted by Crippen LogP contribution is 2.29. The van der Waals surface area contributed by atoms with Crippen LogP contribution in [0.4, 0.5) is 0 Å². The zero-order valence-corrected chi connectivity index (χ0v) is 15.8. The molecule has 0 saturated carbocycles. The van der Waals surface area contributed by atoms with E-state index < -0.39 is 0 Å². The van der Waals surface area contributed by atoms with Crippen LogP contribution in [0.3, 0.4) is 0 Å². The highest BCUT2D eigenvalue weighted by atomic mass is 16.2. The zero-order valence-electron chi connectivity index (χ0n) is 15.8. The van der Waals surface area contributed by atoms with Crippen LogP contribution in [0.15, 0.2) is 66.7 Å². The lowest BCUT2D eigenvalue weighted by Crippen LogP contribution is -1.94. The first-order valence-corrected chi connectivity index (χ1v) is 9.67. The third-order valence-electron chi connectivity index (χ3n) is 5.07. The summed E-state index contributed by atoms with van der Waals surface area (Å²) in [6.45, 7) is 4.65. The first-order chi connectivity index (χ1) is 12.7. The molecule has 0 aliphatic rings. The maximum Gasteiger partial charge on any atom is 0.0434 e. The lowest BCUT2D eigenvalue weighted by molar-refractivity contribution is 0.288. The second kappa shape index (κ2) is 8.82. The van der Waals surface area contributed by atoms with Crippen molar-refractivity contribution in [3.8, 4) is 22.3 Å². The Hall–Kier alpha value is -2.38. The van der Waals surface area contributed by atoms with Crippen LogP contribution in [-0.4, -0.2) is 11.7 Å². The average Bonchev–Trinajstić information content (AvgIpc) is 2.72. The van der Waals surface area contributed by atoms with Gasteiger partial charge in [-0.15, -0.1) is 0 Å². The summed E-state index contributed by atoms with van der Waals surface area (Å²) < 4.78 is 0. The molecule has 0 aliphatic carbocycles. The lowest BCUT2D eigenvalue weighted by atomic mass is 9.93. The van der Waals surface area contributed by atoms with E-state index in [1.54, 1.807) is 0 Å². The van der Waals surface area contributed by atoms with E-state index in [9.17, 15) is 0 Å². The second-order valence-corrected chi connectivity index (χ2v) is 6.80. The number of aryl methyl sites for hydroxylation is 3. The van der Waals surface area contributed by atoms with Gasteiger partial charge in [0.1, 0.15) is 0 Å². The van der Waals surface area contributed by atoms with Crippen LogP contribution < -0.4 is 0 Å². The highest BCUT2D eigenvalue weighted by molar-refractivity contribution is 5.72. The molecule has 1 heteroatoms. The molecular formula is C25H28O. The van der Waals surface area contributed by atoms with Gasteiger partial charge in [-0.1, -0.05) is 80.6 Å². The van der Waals surface area contributed by atoms with Crippen molar-refractivity contribution in [3.63, 3.8) is 0 Å². The van der Waals surface area contributed by atoms with Crippen molar-refractivity contribution in [2.75, 3.05) is 6.61 Å². The monoisotopic (exact) mass is 344 g/mol. The van der Waals surface area contributed by atoms with Gasteiger partial charge in [0.25, 0.3) is 0 Å². The van der Waals surface area contributed by atoms with E-state index in [1.165, 1.54) is 38.9 Å². The summed E-state index contributed by atoms with van der Waals surface area (Å²) in [7, 11) is 0. The molecule has 3 rings (SSSR count). The van der Waals surface area contributed by atoms with E-state index in [0.717, 1.165) is 25.7 Å². The molecule has 0 atom stereocenters. The second-order valence-electron chi connectivity index (χ2n) is 6.80. The molecule has 3 aromatic carbocycles. The molecule has 0 saturated heterocycles. The molecule has 0 fully saturated rings. The van der Waals surface area contributed by atoms with Crippen molar-refractivity contribution < 1.29 is 5.11 Å². The van der Waals surface area contributed by atoms with Gasteiger partial charge in [0.15, 0.2) is 0 Å². The predicted molar refractivity (Wildman–Crippen MR) is 111 cm³/mol. The molecule has 1 N–H and O–H groups in total. The van der Waals surface area contributed by atoms with Gasteiger partial charge in [0.05, 0.1) is 0 Å². The van der Waals surface area contributed by atoms with Crippen molar-refractivity contribution in [2.24, 2.45) is 0 Å². The van der Waals surface area contributed by atoms with Crippen LogP contribution in [0.1, 0.15) is 37.0 Å². The van der Waals surface area contributed by atoms with Crippen LogP contribution in [0.2, 0.25) is 0 Å². The van der Waals surface area contributed by atoms with Crippen molar-refractivity contribution in [1.82, 2.24) is 0 Å². The number of aliphatic hydroxyl groups is 1. The van der Waals surface area contributed by atoms with E-state index in [2.05, 4.69) is 80.6 Å². The summed E-state index contributed by atoms with van der Waals surface area (Å²) in [6, 6.07) is 24.5. The van der Waals surface area contributed by atoms with Gasteiger partial charge in [0.2, 0.25) is 0 Å². The summed E-state index contributed by atoms with van der Waals surface area (Å²) in [6.07, 6.45) is 3.86. The normalized spacial score (nSPS) is 10.9. The first kappa shape index (κ1) is 18.4. The fourth-order valence-electron chi connectivity index (χ4n) is 3.44. The molecule has 0 amide bonds. The molecule has 0 spiro atoms. The summed E-state index contributed by atoms with van der Waals surface area (Å²) >= 11 is 0. The molecule has 0 aliphatic heterocycles. The number of benzene rings is 3. The Morgan fingerprint density at radius 2 is 1.23 bits per heavy atom. The van der Waals surface area contributed by atoms with Crippen molar-refractivity contribution in [2.45, 2.75) is 39.5 Å². The van der Waals surface area contributed by atoms with Crippen molar-refractivity contribution in [3.05, 3.63) is 83.4 Å². The van der Waals surface area contributed by atoms with Gasteiger partial charge in [-0.3, -0.25) is 0 Å². The smallest absolute Gasteiger partial charge is 0.0434 e. The van der Waals surface area contributed by atoms with E-state index in [1.807, 2.05) is 0 Å². The predicted octanol–water partition coefficient (Wildman–Crippen LogP) is 6.07. The van der Waals surface area contributed by atoms with E-state index in [4.69, 9.17) is 5.11 Å². The molecule has 0 aromatic heterocycles. The largest absolute Gasteiger partial charge is 0.396 e. The molecule has 0 radical (unpaired) electrons. The van der Waals surface area contributed by atoms with Crippen LogP contribution in [0.25, 0.3) is 22.3 Å². The van der Waals surface area contributed by atoms with Crippen LogP contribution in [-0.2, 0) is 19.3 Å². The molecule has 134 valence electrons. The number of hydrogen-bond donors (Lipinski definition) is 1. The topological polar surface area (TPSA) is 20.2 Å². The van der Waals surface area contributed by atoms with E-state index in [0.29, 0.717) is 0 Å². The number of hydrogen-bond acceptors (Lipinski definition) is 1. The van der Waals surface area contributed by atoms with Gasteiger partial charge in [-0.05, 0) is 64.6 Å². The van der Waals surface area contributed by atoms with Crippen LogP contribution in [0, 0.1) is 0 Å². The summed E-state index contributed by atoms with van der Waals surface area (Å²) in [5, 5.41) is 9.04. The third kappa shape index (κ3) is 4.23. The van der Waals surface area contributed by atoms with Crippen molar-refractivity contribution >= 4 is 0 Å². The molecule has 26 heavy (non-hydrogen) atoms. The number of aliphatic hydroxyl groups excluding tert-OH is 1. The zero-order chi connectivity index (χ0) is 18.4. The van der Waals surface area contributed by atoms with Crippen LogP contribution >= 0.6 is 0 Å². The quantitative estimate of drug-likeness (QED) is 0.551. The van der Waals surface area contributed by atoms with Crippen LogP contribution in [0.5, 0.6) is 0 Å². The Balaban J connectivity index is 1.85. The fourth-order valence-corrected chi connectivity index (χ4v) is 3.44.